The number of allylic oxidation sites excluding steroid dienone is 1. The summed E-state index contributed by atoms with van der Waals surface area (Å²) in [5.74, 6) is 0. The molecule has 49 heavy (non-hydrogen) atoms. The van der Waals surface area contributed by atoms with Gasteiger partial charge in [0, 0.05) is 50.0 Å². The molecule has 0 saturated carbocycles. The van der Waals surface area contributed by atoms with E-state index in [1.807, 2.05) is 36.4 Å². The lowest BCUT2D eigenvalue weighted by atomic mass is 9.95. The van der Waals surface area contributed by atoms with Crippen LogP contribution in [0.15, 0.2) is 120 Å². The Labute approximate surface area is 281 Å². The molecule has 226 valence electrons. The predicted molar refractivity (Wildman–Crippen MR) is 195 cm³/mol. The highest BCUT2D eigenvalue weighted by Crippen LogP contribution is 2.43. The van der Waals surface area contributed by atoms with Crippen LogP contribution in [0.1, 0.15) is 28.8 Å². The van der Waals surface area contributed by atoms with Gasteiger partial charge in [-0.15, -0.1) is 0 Å². The van der Waals surface area contributed by atoms with Gasteiger partial charge in [0.05, 0.1) is 50.5 Å². The zero-order valence-corrected chi connectivity index (χ0v) is 26.2. The van der Waals surface area contributed by atoms with Crippen molar-refractivity contribution in [2.75, 3.05) is 0 Å². The van der Waals surface area contributed by atoms with E-state index in [2.05, 4.69) is 106 Å². The van der Waals surface area contributed by atoms with E-state index in [0.29, 0.717) is 27.9 Å². The molecule has 10 rings (SSSR count). The Morgan fingerprint density at radius 2 is 1.43 bits per heavy atom. The lowest BCUT2D eigenvalue weighted by molar-refractivity contribution is 0.669. The van der Waals surface area contributed by atoms with Gasteiger partial charge in [-0.2, -0.15) is 10.5 Å². The number of furan rings is 1. The third kappa shape index (κ3) is 3.75. The molecule has 0 fully saturated rings. The molecule has 0 unspecified atom stereocenters. The van der Waals surface area contributed by atoms with Crippen molar-refractivity contribution in [1.29, 1.82) is 10.5 Å². The number of benzene rings is 5. The summed E-state index contributed by atoms with van der Waals surface area (Å²) < 4.78 is 10.8. The maximum absolute atomic E-state index is 10.6. The fourth-order valence-corrected chi connectivity index (χ4v) is 7.92. The third-order valence-corrected chi connectivity index (χ3v) is 9.91. The SMILES string of the molecule is N#Cc1ccc(C#N)c(-n2c3c(c4ccccc42)C=CCC3)c1-c1c#ccc(-n2c3ccccc3c3ccc4oc5ccccc5c4c32)c1. The summed E-state index contributed by atoms with van der Waals surface area (Å²) in [6.45, 7) is 0. The van der Waals surface area contributed by atoms with Crippen LogP contribution in [0.5, 0.6) is 0 Å². The first-order valence-corrected chi connectivity index (χ1v) is 16.3. The number of nitrogens with zero attached hydrogens (tertiary/aromatic N) is 4. The van der Waals surface area contributed by atoms with Gasteiger partial charge in [0.15, 0.2) is 0 Å². The van der Waals surface area contributed by atoms with Crippen molar-refractivity contribution in [3.8, 4) is 34.6 Å². The van der Waals surface area contributed by atoms with Crippen LogP contribution >= 0.6 is 0 Å². The Balaban J connectivity index is 1.31. The maximum Gasteiger partial charge on any atom is 0.137 e. The number of para-hydroxylation sites is 3. The van der Waals surface area contributed by atoms with E-state index in [9.17, 15) is 10.5 Å². The molecule has 0 amide bonds. The number of fused-ring (bicyclic) bond motifs is 10. The number of aromatic nitrogens is 2. The molecule has 0 bridgehead atoms. The van der Waals surface area contributed by atoms with E-state index in [0.717, 1.165) is 84.4 Å². The quantitative estimate of drug-likeness (QED) is 0.196. The van der Waals surface area contributed by atoms with Gasteiger partial charge < -0.3 is 13.6 Å². The molecule has 1 aliphatic carbocycles. The van der Waals surface area contributed by atoms with E-state index >= 15 is 0 Å². The summed E-state index contributed by atoms with van der Waals surface area (Å²) in [7, 11) is 0. The molecule has 5 nitrogen and oxygen atoms in total. The molecule has 0 aliphatic heterocycles. The molecular formula is C44H24N4O. The summed E-state index contributed by atoms with van der Waals surface area (Å²) in [5.41, 5.74) is 10.9. The Morgan fingerprint density at radius 1 is 0.694 bits per heavy atom. The highest BCUT2D eigenvalue weighted by atomic mass is 16.3. The minimum Gasteiger partial charge on any atom is -0.456 e. The van der Waals surface area contributed by atoms with Gasteiger partial charge in [0.25, 0.3) is 0 Å². The standard InChI is InChI=1S/C44H24N4O/c45-25-28-20-21-29(26-46)43(48-37-17-6-1-12-31(37)32-13-2-7-18-38(32)48)41(28)27-10-9-11-30(24-27)47-36-16-5-3-14-33(36)34-22-23-40-42(44(34)47)35-15-4-8-19-39(35)49-40/h1-6,8,11-17,19-24H,7,18H2. The Bertz CT molecular complexity index is 2970. The van der Waals surface area contributed by atoms with Gasteiger partial charge >= 0.3 is 0 Å². The van der Waals surface area contributed by atoms with Crippen LogP contribution in [-0.4, -0.2) is 9.13 Å². The van der Waals surface area contributed by atoms with Crippen molar-refractivity contribution < 1.29 is 4.42 Å². The minimum absolute atomic E-state index is 0.471. The summed E-state index contributed by atoms with van der Waals surface area (Å²) in [5, 5.41) is 26.6. The summed E-state index contributed by atoms with van der Waals surface area (Å²) in [6, 6.07) is 48.1. The van der Waals surface area contributed by atoms with Gasteiger partial charge in [0.2, 0.25) is 0 Å². The lowest BCUT2D eigenvalue weighted by Crippen LogP contribution is -2.08. The zero-order chi connectivity index (χ0) is 32.6. The fraction of sp³-hybridized carbons (Fsp3) is 0.0455. The van der Waals surface area contributed by atoms with Crippen LogP contribution in [0.2, 0.25) is 0 Å². The zero-order valence-electron chi connectivity index (χ0n) is 26.2. The first-order valence-electron chi connectivity index (χ1n) is 16.3. The van der Waals surface area contributed by atoms with Crippen molar-refractivity contribution in [3.05, 3.63) is 150 Å². The Hall–Kier alpha value is -7.00. The maximum atomic E-state index is 10.6. The van der Waals surface area contributed by atoms with Crippen LogP contribution in [-0.2, 0) is 6.42 Å². The second kappa shape index (κ2) is 10.2. The van der Waals surface area contributed by atoms with Gasteiger partial charge in [-0.1, -0.05) is 78.9 Å². The van der Waals surface area contributed by atoms with Crippen molar-refractivity contribution in [2.45, 2.75) is 12.8 Å². The number of nitriles is 2. The minimum atomic E-state index is 0.471. The van der Waals surface area contributed by atoms with Crippen LogP contribution in [0.4, 0.5) is 0 Å². The fourth-order valence-electron chi connectivity index (χ4n) is 7.92. The number of rotatable bonds is 3. The van der Waals surface area contributed by atoms with E-state index in [-0.39, 0.29) is 0 Å². The molecule has 5 heteroatoms. The summed E-state index contributed by atoms with van der Waals surface area (Å²) in [6.07, 6.45) is 6.11. The molecule has 0 saturated heterocycles. The lowest BCUT2D eigenvalue weighted by Gasteiger charge is -2.19. The van der Waals surface area contributed by atoms with E-state index in [4.69, 9.17) is 4.42 Å². The van der Waals surface area contributed by atoms with Crippen LogP contribution in [0.3, 0.4) is 0 Å². The summed E-state index contributed by atoms with van der Waals surface area (Å²) in [4.78, 5) is 0. The monoisotopic (exact) mass is 624 g/mol. The Kier molecular flexibility index (Phi) is 5.68. The van der Waals surface area contributed by atoms with Crippen LogP contribution in [0.25, 0.3) is 83.2 Å². The highest BCUT2D eigenvalue weighted by molar-refractivity contribution is 6.24. The van der Waals surface area contributed by atoms with Crippen molar-refractivity contribution in [2.24, 2.45) is 0 Å². The number of hydrogen-bond acceptors (Lipinski definition) is 3. The van der Waals surface area contributed by atoms with Crippen LogP contribution < -0.4 is 0 Å². The van der Waals surface area contributed by atoms with Crippen molar-refractivity contribution >= 4 is 60.7 Å². The van der Waals surface area contributed by atoms with Crippen LogP contribution in [0, 0.1) is 34.8 Å². The average Bonchev–Trinajstić information content (AvgIpc) is 3.82. The van der Waals surface area contributed by atoms with Gasteiger partial charge in [-0.25, -0.2) is 0 Å². The average molecular weight is 625 g/mol. The Morgan fingerprint density at radius 3 is 2.27 bits per heavy atom. The van der Waals surface area contributed by atoms with Crippen molar-refractivity contribution in [1.82, 2.24) is 9.13 Å². The molecule has 9 aromatic rings. The summed E-state index contributed by atoms with van der Waals surface area (Å²) >= 11 is 0. The topological polar surface area (TPSA) is 70.6 Å². The second-order valence-corrected chi connectivity index (χ2v) is 12.4. The second-order valence-electron chi connectivity index (χ2n) is 12.4. The molecule has 6 aromatic carbocycles. The molecule has 3 heterocycles. The van der Waals surface area contributed by atoms with E-state index in [1.54, 1.807) is 12.1 Å². The predicted octanol–water partition coefficient (Wildman–Crippen LogP) is 10.6. The highest BCUT2D eigenvalue weighted by Gasteiger charge is 2.25. The van der Waals surface area contributed by atoms with Gasteiger partial charge in [0.1, 0.15) is 17.2 Å². The van der Waals surface area contributed by atoms with Gasteiger partial charge in [-0.3, -0.25) is 0 Å². The normalized spacial score (nSPS) is 12.4. The first-order chi connectivity index (χ1) is 24.2. The smallest absolute Gasteiger partial charge is 0.137 e. The molecular weight excluding hydrogens is 601 g/mol. The molecule has 0 spiro atoms. The van der Waals surface area contributed by atoms with E-state index < -0.39 is 0 Å². The molecule has 3 aromatic heterocycles. The molecule has 0 atom stereocenters. The first kappa shape index (κ1) is 27.1. The molecule has 0 N–H and O–H groups in total. The molecule has 0 radical (unpaired) electrons. The number of hydrogen-bond donors (Lipinski definition) is 0. The largest absolute Gasteiger partial charge is 0.456 e. The van der Waals surface area contributed by atoms with E-state index in [1.165, 1.54) is 0 Å². The van der Waals surface area contributed by atoms with Crippen molar-refractivity contribution in [3.63, 3.8) is 0 Å². The molecule has 1 aliphatic rings. The van der Waals surface area contributed by atoms with Gasteiger partial charge in [-0.05, 0) is 61.4 Å². The third-order valence-electron chi connectivity index (χ3n) is 9.91.